The van der Waals surface area contributed by atoms with Gasteiger partial charge in [0.15, 0.2) is 0 Å². The molecule has 0 amide bonds. The summed E-state index contributed by atoms with van der Waals surface area (Å²) in [5.41, 5.74) is 2.15. The van der Waals surface area contributed by atoms with E-state index in [-0.39, 0.29) is 0 Å². The zero-order valence-corrected chi connectivity index (χ0v) is 12.7. The summed E-state index contributed by atoms with van der Waals surface area (Å²) in [5.74, 6) is 0. The standard InChI is InChI=1S/C15H22N2O2S/c1-2-17-20(18,19)15-10-6-5-9-14(15)16-12-11-13-7-3-4-8-13/h5-7,9-10,16-17H,2-4,8,11-12H2,1H3. The molecule has 2 N–H and O–H groups in total. The number of allylic oxidation sites excluding steroid dienone is 1. The van der Waals surface area contributed by atoms with Crippen LogP contribution in [-0.4, -0.2) is 21.5 Å². The molecule has 110 valence electrons. The number of sulfonamides is 1. The second-order valence-electron chi connectivity index (χ2n) is 4.93. The predicted octanol–water partition coefficient (Wildman–Crippen LogP) is 2.90. The van der Waals surface area contributed by atoms with Crippen molar-refractivity contribution in [3.05, 3.63) is 35.9 Å². The van der Waals surface area contributed by atoms with Gasteiger partial charge in [0.2, 0.25) is 10.0 Å². The molecule has 0 fully saturated rings. The SMILES string of the molecule is CCNS(=O)(=O)c1ccccc1NCCC1=CCCC1. The molecule has 0 spiro atoms. The first-order chi connectivity index (χ1) is 9.63. The van der Waals surface area contributed by atoms with Gasteiger partial charge in [0.1, 0.15) is 4.90 Å². The van der Waals surface area contributed by atoms with E-state index >= 15 is 0 Å². The average molecular weight is 294 g/mol. The van der Waals surface area contributed by atoms with Gasteiger partial charge >= 0.3 is 0 Å². The Morgan fingerprint density at radius 2 is 2.05 bits per heavy atom. The van der Waals surface area contributed by atoms with E-state index in [0.29, 0.717) is 17.1 Å². The Kier molecular flexibility index (Phi) is 5.20. The number of benzene rings is 1. The maximum atomic E-state index is 12.1. The van der Waals surface area contributed by atoms with Gasteiger partial charge in [0.05, 0.1) is 5.69 Å². The van der Waals surface area contributed by atoms with Crippen molar-refractivity contribution in [2.75, 3.05) is 18.4 Å². The summed E-state index contributed by atoms with van der Waals surface area (Å²) >= 11 is 0. The first kappa shape index (κ1) is 15.1. The zero-order valence-electron chi connectivity index (χ0n) is 11.9. The van der Waals surface area contributed by atoms with E-state index in [1.165, 1.54) is 24.8 Å². The molecule has 0 aromatic heterocycles. The van der Waals surface area contributed by atoms with Gasteiger partial charge in [-0.15, -0.1) is 0 Å². The summed E-state index contributed by atoms with van der Waals surface area (Å²) in [7, 11) is -3.42. The molecular weight excluding hydrogens is 272 g/mol. The molecule has 0 heterocycles. The van der Waals surface area contributed by atoms with Crippen molar-refractivity contribution in [3.63, 3.8) is 0 Å². The van der Waals surface area contributed by atoms with E-state index in [2.05, 4.69) is 16.1 Å². The molecule has 2 rings (SSSR count). The minimum atomic E-state index is -3.42. The minimum Gasteiger partial charge on any atom is -0.384 e. The van der Waals surface area contributed by atoms with Gasteiger partial charge in [-0.2, -0.15) is 0 Å². The van der Waals surface area contributed by atoms with E-state index in [1.54, 1.807) is 19.1 Å². The molecule has 1 aromatic rings. The molecule has 5 heteroatoms. The number of hydrogen-bond donors (Lipinski definition) is 2. The minimum absolute atomic E-state index is 0.322. The summed E-state index contributed by atoms with van der Waals surface area (Å²) < 4.78 is 26.8. The zero-order chi connectivity index (χ0) is 14.4. The van der Waals surface area contributed by atoms with E-state index in [4.69, 9.17) is 0 Å². The van der Waals surface area contributed by atoms with Crippen LogP contribution >= 0.6 is 0 Å². The number of para-hydroxylation sites is 1. The molecule has 0 aliphatic heterocycles. The molecule has 0 saturated carbocycles. The van der Waals surface area contributed by atoms with Gasteiger partial charge in [-0.1, -0.05) is 30.7 Å². The van der Waals surface area contributed by atoms with Crippen LogP contribution in [-0.2, 0) is 10.0 Å². The third kappa shape index (κ3) is 3.84. The Bertz CT molecular complexity index is 579. The smallest absolute Gasteiger partial charge is 0.242 e. The van der Waals surface area contributed by atoms with Crippen LogP contribution in [0.2, 0.25) is 0 Å². The number of anilines is 1. The van der Waals surface area contributed by atoms with Crippen LogP contribution in [0.3, 0.4) is 0 Å². The first-order valence-corrected chi connectivity index (χ1v) is 8.62. The van der Waals surface area contributed by atoms with Gasteiger partial charge in [-0.25, -0.2) is 13.1 Å². The van der Waals surface area contributed by atoms with Crippen LogP contribution in [0, 0.1) is 0 Å². The average Bonchev–Trinajstić information content (AvgIpc) is 2.92. The summed E-state index contributed by atoms with van der Waals surface area (Å²) in [6.45, 7) is 2.94. The normalized spacial score (nSPS) is 15.2. The molecule has 4 nitrogen and oxygen atoms in total. The number of hydrogen-bond acceptors (Lipinski definition) is 3. The predicted molar refractivity (Wildman–Crippen MR) is 82.3 cm³/mol. The van der Waals surface area contributed by atoms with Gasteiger partial charge in [0.25, 0.3) is 0 Å². The molecule has 0 saturated heterocycles. The topological polar surface area (TPSA) is 58.2 Å². The largest absolute Gasteiger partial charge is 0.384 e. The van der Waals surface area contributed by atoms with Crippen LogP contribution in [0.4, 0.5) is 5.69 Å². The van der Waals surface area contributed by atoms with Crippen molar-refractivity contribution < 1.29 is 8.42 Å². The van der Waals surface area contributed by atoms with Gasteiger partial charge in [0, 0.05) is 13.1 Å². The summed E-state index contributed by atoms with van der Waals surface area (Å²) in [4.78, 5) is 0.322. The molecule has 0 unspecified atom stereocenters. The highest BCUT2D eigenvalue weighted by Crippen LogP contribution is 2.23. The van der Waals surface area contributed by atoms with Crippen molar-refractivity contribution in [1.82, 2.24) is 4.72 Å². The van der Waals surface area contributed by atoms with E-state index < -0.39 is 10.0 Å². The Labute approximate surface area is 121 Å². The highest BCUT2D eigenvalue weighted by Gasteiger charge is 2.16. The Balaban J connectivity index is 2.04. The Morgan fingerprint density at radius 1 is 1.25 bits per heavy atom. The fourth-order valence-corrected chi connectivity index (χ4v) is 3.66. The van der Waals surface area contributed by atoms with Crippen LogP contribution in [0.15, 0.2) is 40.8 Å². The van der Waals surface area contributed by atoms with Crippen molar-refractivity contribution in [1.29, 1.82) is 0 Å². The van der Waals surface area contributed by atoms with Crippen LogP contribution in [0.5, 0.6) is 0 Å². The van der Waals surface area contributed by atoms with Crippen molar-refractivity contribution in [3.8, 4) is 0 Å². The first-order valence-electron chi connectivity index (χ1n) is 7.14. The Morgan fingerprint density at radius 3 is 2.75 bits per heavy atom. The summed E-state index contributed by atoms with van der Waals surface area (Å²) in [6.07, 6.45) is 6.89. The fraction of sp³-hybridized carbons (Fsp3) is 0.467. The summed E-state index contributed by atoms with van der Waals surface area (Å²) in [5, 5.41) is 3.24. The van der Waals surface area contributed by atoms with Crippen molar-refractivity contribution in [2.45, 2.75) is 37.5 Å². The van der Waals surface area contributed by atoms with Gasteiger partial charge in [-0.05, 0) is 37.8 Å². The van der Waals surface area contributed by atoms with E-state index in [1.807, 2.05) is 12.1 Å². The molecular formula is C15H22N2O2S. The quantitative estimate of drug-likeness (QED) is 0.760. The number of nitrogens with one attached hydrogen (secondary N) is 2. The number of rotatable bonds is 7. The second-order valence-corrected chi connectivity index (χ2v) is 6.66. The molecule has 20 heavy (non-hydrogen) atoms. The molecule has 1 aliphatic rings. The Hall–Kier alpha value is -1.33. The van der Waals surface area contributed by atoms with Gasteiger partial charge in [-0.3, -0.25) is 0 Å². The highest BCUT2D eigenvalue weighted by atomic mass is 32.2. The van der Waals surface area contributed by atoms with Crippen molar-refractivity contribution >= 4 is 15.7 Å². The van der Waals surface area contributed by atoms with Crippen molar-refractivity contribution in [2.24, 2.45) is 0 Å². The lowest BCUT2D eigenvalue weighted by Gasteiger charge is -2.12. The maximum Gasteiger partial charge on any atom is 0.242 e. The second kappa shape index (κ2) is 6.90. The third-order valence-electron chi connectivity index (χ3n) is 3.41. The third-order valence-corrected chi connectivity index (χ3v) is 5.01. The lowest BCUT2D eigenvalue weighted by atomic mass is 10.1. The highest BCUT2D eigenvalue weighted by molar-refractivity contribution is 7.89. The summed E-state index contributed by atoms with van der Waals surface area (Å²) in [6, 6.07) is 7.04. The molecule has 0 atom stereocenters. The van der Waals surface area contributed by atoms with Crippen LogP contribution in [0.25, 0.3) is 0 Å². The van der Waals surface area contributed by atoms with Gasteiger partial charge < -0.3 is 5.32 Å². The monoisotopic (exact) mass is 294 g/mol. The van der Waals surface area contributed by atoms with E-state index in [0.717, 1.165) is 13.0 Å². The fourth-order valence-electron chi connectivity index (χ4n) is 2.44. The molecule has 0 radical (unpaired) electrons. The molecule has 1 aromatic carbocycles. The van der Waals surface area contributed by atoms with Crippen LogP contribution < -0.4 is 10.0 Å². The van der Waals surface area contributed by atoms with Crippen LogP contribution in [0.1, 0.15) is 32.6 Å². The lowest BCUT2D eigenvalue weighted by molar-refractivity contribution is 0.584. The molecule has 1 aliphatic carbocycles. The maximum absolute atomic E-state index is 12.1. The van der Waals surface area contributed by atoms with E-state index in [9.17, 15) is 8.42 Å². The lowest BCUT2D eigenvalue weighted by Crippen LogP contribution is -2.24. The molecule has 0 bridgehead atoms.